The molecule has 1 heterocycles. The van der Waals surface area contributed by atoms with Crippen LogP contribution in [0.2, 0.25) is 0 Å². The fourth-order valence-electron chi connectivity index (χ4n) is 1.86. The number of sulfone groups is 1. The number of alkyl halides is 1. The Bertz CT molecular complexity index is 630. The molecule has 6 nitrogen and oxygen atoms in total. The molecule has 0 amide bonds. The van der Waals surface area contributed by atoms with E-state index in [4.69, 9.17) is 5.11 Å². The number of carbonyl (C=O) groups is 1. The van der Waals surface area contributed by atoms with Crippen LogP contribution >= 0.6 is 0 Å². The van der Waals surface area contributed by atoms with Gasteiger partial charge in [-0.1, -0.05) is 6.92 Å². The highest BCUT2D eigenvalue weighted by Crippen LogP contribution is 2.31. The van der Waals surface area contributed by atoms with Gasteiger partial charge in [0.1, 0.15) is 5.69 Å². The molecule has 0 saturated heterocycles. The molecule has 2 rings (SSSR count). The number of carboxylic acids is 1. The van der Waals surface area contributed by atoms with Gasteiger partial charge in [0.15, 0.2) is 9.84 Å². The Morgan fingerprint density at radius 3 is 2.65 bits per heavy atom. The maximum absolute atomic E-state index is 14.3. The number of hydrogen-bond acceptors (Lipinski definition) is 5. The molecule has 1 unspecified atom stereocenters. The van der Waals surface area contributed by atoms with Crippen LogP contribution in [0, 0.1) is 0 Å². The molecule has 1 aliphatic carbocycles. The Morgan fingerprint density at radius 1 is 1.50 bits per heavy atom. The Hall–Kier alpha value is -1.57. The molecule has 1 N–H and O–H groups in total. The lowest BCUT2D eigenvalue weighted by Crippen LogP contribution is -2.31. The quantitative estimate of drug-likeness (QED) is 0.848. The van der Waals surface area contributed by atoms with Crippen molar-refractivity contribution in [1.29, 1.82) is 0 Å². The van der Waals surface area contributed by atoms with Crippen molar-refractivity contribution < 1.29 is 22.7 Å². The van der Waals surface area contributed by atoms with E-state index in [0.29, 0.717) is 12.8 Å². The second-order valence-electron chi connectivity index (χ2n) is 4.86. The van der Waals surface area contributed by atoms with Crippen LogP contribution in [0.1, 0.15) is 37.6 Å². The van der Waals surface area contributed by atoms with Gasteiger partial charge in [0.25, 0.3) is 0 Å². The minimum Gasteiger partial charge on any atom is -0.479 e. The average molecular weight is 302 g/mol. The molecule has 0 aliphatic heterocycles. The SMILES string of the molecule is CCC(F)(C(=O)O)c1cncc(CS(=O)(=O)C2CC2)n1. The van der Waals surface area contributed by atoms with Gasteiger partial charge in [0.05, 0.1) is 22.9 Å². The van der Waals surface area contributed by atoms with Crippen LogP contribution in [-0.2, 0) is 26.1 Å². The van der Waals surface area contributed by atoms with Crippen molar-refractivity contribution in [3.05, 3.63) is 23.8 Å². The summed E-state index contributed by atoms with van der Waals surface area (Å²) in [6.07, 6.45) is 3.20. The fourth-order valence-corrected chi connectivity index (χ4v) is 3.50. The van der Waals surface area contributed by atoms with E-state index in [-0.39, 0.29) is 28.8 Å². The second kappa shape index (κ2) is 5.08. The fraction of sp³-hybridized carbons (Fsp3) is 0.583. The van der Waals surface area contributed by atoms with Crippen molar-refractivity contribution in [2.45, 2.75) is 42.9 Å². The van der Waals surface area contributed by atoms with Crippen molar-refractivity contribution in [3.8, 4) is 0 Å². The Balaban J connectivity index is 2.30. The number of nitrogens with zero attached hydrogens (tertiary/aromatic N) is 2. The number of carboxylic acid groups (broad SMARTS) is 1. The largest absolute Gasteiger partial charge is 0.479 e. The lowest BCUT2D eigenvalue weighted by atomic mass is 9.99. The van der Waals surface area contributed by atoms with Crippen LogP contribution in [0.25, 0.3) is 0 Å². The maximum atomic E-state index is 14.3. The number of aromatic nitrogens is 2. The van der Waals surface area contributed by atoms with E-state index in [1.807, 2.05) is 0 Å². The molecule has 1 aromatic heterocycles. The first kappa shape index (κ1) is 14.8. The summed E-state index contributed by atoms with van der Waals surface area (Å²) >= 11 is 0. The molecule has 8 heteroatoms. The van der Waals surface area contributed by atoms with Gasteiger partial charge in [-0.15, -0.1) is 0 Å². The molecule has 1 aromatic rings. The lowest BCUT2D eigenvalue weighted by Gasteiger charge is -2.18. The third-order valence-electron chi connectivity index (χ3n) is 3.30. The molecular weight excluding hydrogens is 287 g/mol. The van der Waals surface area contributed by atoms with E-state index in [0.717, 1.165) is 6.20 Å². The predicted octanol–water partition coefficient (Wildman–Crippen LogP) is 1.21. The zero-order chi connectivity index (χ0) is 15.0. The first-order chi connectivity index (χ1) is 9.29. The van der Waals surface area contributed by atoms with Crippen molar-refractivity contribution in [1.82, 2.24) is 9.97 Å². The number of halogens is 1. The molecule has 1 aliphatic rings. The zero-order valence-corrected chi connectivity index (χ0v) is 11.7. The molecule has 0 spiro atoms. The summed E-state index contributed by atoms with van der Waals surface area (Å²) in [6, 6.07) is 0. The van der Waals surface area contributed by atoms with Gasteiger partial charge < -0.3 is 5.11 Å². The first-order valence-electron chi connectivity index (χ1n) is 6.25. The highest BCUT2D eigenvalue weighted by molar-refractivity contribution is 7.91. The van der Waals surface area contributed by atoms with Crippen molar-refractivity contribution >= 4 is 15.8 Å². The monoisotopic (exact) mass is 302 g/mol. The Kier molecular flexibility index (Phi) is 3.77. The van der Waals surface area contributed by atoms with E-state index in [2.05, 4.69) is 9.97 Å². The summed E-state index contributed by atoms with van der Waals surface area (Å²) in [4.78, 5) is 18.6. The molecule has 1 atom stereocenters. The standard InChI is InChI=1S/C12H15FN2O4S/c1-2-12(13,11(16)17)10-6-14-5-8(15-10)7-20(18,19)9-3-4-9/h5-6,9H,2-4,7H2,1H3,(H,16,17). The van der Waals surface area contributed by atoms with Gasteiger partial charge in [0, 0.05) is 6.20 Å². The topological polar surface area (TPSA) is 97.2 Å². The normalized spacial score (nSPS) is 18.5. The van der Waals surface area contributed by atoms with Crippen LogP contribution in [-0.4, -0.2) is 34.7 Å². The molecular formula is C12H15FN2O4S. The van der Waals surface area contributed by atoms with Crippen molar-refractivity contribution in [2.24, 2.45) is 0 Å². The first-order valence-corrected chi connectivity index (χ1v) is 7.96. The van der Waals surface area contributed by atoms with Crippen LogP contribution in [0.5, 0.6) is 0 Å². The van der Waals surface area contributed by atoms with Gasteiger partial charge >= 0.3 is 5.97 Å². The molecule has 20 heavy (non-hydrogen) atoms. The molecule has 1 saturated carbocycles. The van der Waals surface area contributed by atoms with Gasteiger partial charge in [-0.2, -0.15) is 0 Å². The highest BCUT2D eigenvalue weighted by Gasteiger charge is 2.41. The van der Waals surface area contributed by atoms with E-state index in [1.54, 1.807) is 0 Å². The third kappa shape index (κ3) is 2.79. The van der Waals surface area contributed by atoms with Crippen LogP contribution in [0.3, 0.4) is 0 Å². The summed E-state index contributed by atoms with van der Waals surface area (Å²) in [6.45, 7) is 1.38. The van der Waals surface area contributed by atoms with Crippen LogP contribution < -0.4 is 0 Å². The Labute approximate surface area is 116 Å². The predicted molar refractivity (Wildman–Crippen MR) is 68.4 cm³/mol. The minimum atomic E-state index is -3.30. The number of aliphatic carboxylic acids is 1. The van der Waals surface area contributed by atoms with E-state index < -0.39 is 21.5 Å². The van der Waals surface area contributed by atoms with Crippen LogP contribution in [0.4, 0.5) is 4.39 Å². The lowest BCUT2D eigenvalue weighted by molar-refractivity contribution is -0.152. The maximum Gasteiger partial charge on any atom is 0.347 e. The molecule has 0 radical (unpaired) electrons. The Morgan fingerprint density at radius 2 is 2.15 bits per heavy atom. The third-order valence-corrected chi connectivity index (χ3v) is 5.48. The summed E-state index contributed by atoms with van der Waals surface area (Å²) in [5, 5.41) is 8.59. The average Bonchev–Trinajstić information content (AvgIpc) is 3.22. The second-order valence-corrected chi connectivity index (χ2v) is 7.14. The van der Waals surface area contributed by atoms with Gasteiger partial charge in [0.2, 0.25) is 5.67 Å². The van der Waals surface area contributed by atoms with E-state index >= 15 is 0 Å². The van der Waals surface area contributed by atoms with E-state index in [1.165, 1.54) is 13.1 Å². The zero-order valence-electron chi connectivity index (χ0n) is 10.9. The summed E-state index contributed by atoms with van der Waals surface area (Å²) in [5.41, 5.74) is -2.94. The molecule has 110 valence electrons. The van der Waals surface area contributed by atoms with Crippen molar-refractivity contribution in [3.63, 3.8) is 0 Å². The van der Waals surface area contributed by atoms with Crippen LogP contribution in [0.15, 0.2) is 12.4 Å². The summed E-state index contributed by atoms with van der Waals surface area (Å²) in [5.74, 6) is -1.99. The molecule has 0 aromatic carbocycles. The summed E-state index contributed by atoms with van der Waals surface area (Å²) < 4.78 is 38.0. The summed E-state index contributed by atoms with van der Waals surface area (Å²) in [7, 11) is -3.30. The van der Waals surface area contributed by atoms with Gasteiger partial charge in [-0.25, -0.2) is 22.6 Å². The number of rotatable bonds is 6. The van der Waals surface area contributed by atoms with Gasteiger partial charge in [-0.3, -0.25) is 4.98 Å². The highest BCUT2D eigenvalue weighted by atomic mass is 32.2. The molecule has 0 bridgehead atoms. The van der Waals surface area contributed by atoms with Crippen molar-refractivity contribution in [2.75, 3.05) is 0 Å². The minimum absolute atomic E-state index is 0.0751. The number of hydrogen-bond donors (Lipinski definition) is 1. The molecule has 1 fully saturated rings. The van der Waals surface area contributed by atoms with Gasteiger partial charge in [-0.05, 0) is 19.3 Å². The van der Waals surface area contributed by atoms with E-state index in [9.17, 15) is 17.6 Å². The smallest absolute Gasteiger partial charge is 0.347 e.